The number of aryl methyl sites for hydroxylation is 1. The average molecular weight is 391 g/mol. The number of carbonyl (C=O) groups excluding carboxylic acids is 1. The molecule has 27 heavy (non-hydrogen) atoms. The van der Waals surface area contributed by atoms with Crippen LogP contribution in [0.3, 0.4) is 0 Å². The molecule has 2 aromatic rings. The molecule has 5 nitrogen and oxygen atoms in total. The molecule has 2 heterocycles. The van der Waals surface area contributed by atoms with Crippen molar-refractivity contribution in [3.8, 4) is 0 Å². The fourth-order valence-electron chi connectivity index (χ4n) is 3.94. The van der Waals surface area contributed by atoms with E-state index in [-0.39, 0.29) is 22.9 Å². The van der Waals surface area contributed by atoms with Crippen LogP contribution in [-0.2, 0) is 11.8 Å². The summed E-state index contributed by atoms with van der Waals surface area (Å²) in [4.78, 5) is 15.6. The third-order valence-electron chi connectivity index (χ3n) is 5.78. The van der Waals surface area contributed by atoms with E-state index in [0.717, 1.165) is 23.9 Å². The fraction of sp³-hybridized carbons (Fsp3) is 0.619. The minimum Gasteiger partial charge on any atom is -0.323 e. The van der Waals surface area contributed by atoms with Gasteiger partial charge in [0.25, 0.3) is 0 Å². The fourth-order valence-corrected chi connectivity index (χ4v) is 4.16. The monoisotopic (exact) mass is 390 g/mol. The van der Waals surface area contributed by atoms with E-state index in [9.17, 15) is 4.79 Å². The predicted molar refractivity (Wildman–Crippen MR) is 112 cm³/mol. The summed E-state index contributed by atoms with van der Waals surface area (Å²) in [5.41, 5.74) is 1.69. The molecule has 148 valence electrons. The molecule has 0 saturated carbocycles. The number of likely N-dealkylation sites (tertiary alicyclic amines) is 1. The number of halogens is 1. The largest absolute Gasteiger partial charge is 0.323 e. The third kappa shape index (κ3) is 3.99. The van der Waals surface area contributed by atoms with Gasteiger partial charge in [-0.15, -0.1) is 0 Å². The molecular weight excluding hydrogens is 360 g/mol. The molecule has 1 aliphatic rings. The maximum Gasteiger partial charge on any atom is 0.241 e. The minimum atomic E-state index is -0.160. The Kier molecular flexibility index (Phi) is 5.06. The minimum absolute atomic E-state index is 0.0140. The van der Waals surface area contributed by atoms with Gasteiger partial charge in [0.2, 0.25) is 5.91 Å². The Bertz CT molecular complexity index is 859. The third-order valence-corrected chi connectivity index (χ3v) is 6.10. The van der Waals surface area contributed by atoms with Crippen LogP contribution in [0.4, 0.5) is 5.69 Å². The van der Waals surface area contributed by atoms with Crippen molar-refractivity contribution >= 4 is 34.1 Å². The first-order chi connectivity index (χ1) is 12.4. The quantitative estimate of drug-likeness (QED) is 0.808. The zero-order chi connectivity index (χ0) is 20.1. The van der Waals surface area contributed by atoms with Crippen molar-refractivity contribution in [1.29, 1.82) is 0 Å². The van der Waals surface area contributed by atoms with Crippen molar-refractivity contribution < 1.29 is 4.79 Å². The van der Waals surface area contributed by atoms with Gasteiger partial charge in [0.05, 0.1) is 28.5 Å². The van der Waals surface area contributed by atoms with E-state index in [1.165, 1.54) is 0 Å². The summed E-state index contributed by atoms with van der Waals surface area (Å²) in [6.45, 7) is 14.2. The number of aromatic nitrogens is 2. The van der Waals surface area contributed by atoms with Gasteiger partial charge in [-0.1, -0.05) is 32.4 Å². The zero-order valence-corrected chi connectivity index (χ0v) is 18.2. The van der Waals surface area contributed by atoms with Gasteiger partial charge in [-0.05, 0) is 50.7 Å². The number of rotatable bonds is 2. The highest BCUT2D eigenvalue weighted by Crippen LogP contribution is 2.40. The first-order valence-electron chi connectivity index (χ1n) is 9.57. The number of carbonyl (C=O) groups is 1. The highest BCUT2D eigenvalue weighted by atomic mass is 35.5. The van der Waals surface area contributed by atoms with E-state index in [1.807, 2.05) is 19.2 Å². The second-order valence-electron chi connectivity index (χ2n) is 9.79. The lowest BCUT2D eigenvalue weighted by atomic mass is 9.79. The van der Waals surface area contributed by atoms with Gasteiger partial charge < -0.3 is 5.32 Å². The van der Waals surface area contributed by atoms with Gasteiger partial charge in [0.1, 0.15) is 0 Å². The molecule has 1 aliphatic heterocycles. The van der Waals surface area contributed by atoms with Crippen LogP contribution in [0.15, 0.2) is 18.3 Å². The maximum atomic E-state index is 13.2. The first kappa shape index (κ1) is 20.2. The van der Waals surface area contributed by atoms with Crippen molar-refractivity contribution in [3.63, 3.8) is 0 Å². The Morgan fingerprint density at radius 2 is 1.89 bits per heavy atom. The highest BCUT2D eigenvalue weighted by Gasteiger charge is 2.45. The lowest BCUT2D eigenvalue weighted by Gasteiger charge is -2.36. The summed E-state index contributed by atoms with van der Waals surface area (Å²) in [7, 11) is 1.88. The Morgan fingerprint density at radius 1 is 1.22 bits per heavy atom. The normalized spacial score (nSPS) is 21.8. The van der Waals surface area contributed by atoms with E-state index in [2.05, 4.69) is 56.9 Å². The molecule has 0 bridgehead atoms. The topological polar surface area (TPSA) is 50.2 Å². The van der Waals surface area contributed by atoms with Gasteiger partial charge in [0, 0.05) is 24.5 Å². The summed E-state index contributed by atoms with van der Waals surface area (Å²) < 4.78 is 1.79. The predicted octanol–water partition coefficient (Wildman–Crippen LogP) is 4.70. The molecule has 1 aromatic carbocycles. The molecule has 2 atom stereocenters. The van der Waals surface area contributed by atoms with Crippen LogP contribution >= 0.6 is 11.6 Å². The van der Waals surface area contributed by atoms with Crippen molar-refractivity contribution in [1.82, 2.24) is 14.7 Å². The zero-order valence-electron chi connectivity index (χ0n) is 17.4. The molecule has 1 amide bonds. The number of hydrogen-bond acceptors (Lipinski definition) is 3. The first-order valence-corrected chi connectivity index (χ1v) is 9.94. The Balaban J connectivity index is 1.87. The molecular formula is C21H31ClN4O. The smallest absolute Gasteiger partial charge is 0.241 e. The number of hydrogen-bond donors (Lipinski definition) is 1. The molecule has 1 saturated heterocycles. The lowest BCUT2D eigenvalue weighted by molar-refractivity contribution is -0.121. The van der Waals surface area contributed by atoms with Gasteiger partial charge in [-0.2, -0.15) is 5.10 Å². The molecule has 1 fully saturated rings. The van der Waals surface area contributed by atoms with E-state index in [0.29, 0.717) is 16.6 Å². The molecule has 1 unspecified atom stereocenters. The van der Waals surface area contributed by atoms with Crippen LogP contribution in [0.5, 0.6) is 0 Å². The van der Waals surface area contributed by atoms with Crippen molar-refractivity contribution in [2.75, 3.05) is 11.9 Å². The summed E-state index contributed by atoms with van der Waals surface area (Å²) in [6.07, 6.45) is 2.64. The van der Waals surface area contributed by atoms with Gasteiger partial charge in [-0.25, -0.2) is 0 Å². The van der Waals surface area contributed by atoms with E-state index >= 15 is 0 Å². The van der Waals surface area contributed by atoms with Crippen LogP contribution in [-0.4, -0.2) is 38.7 Å². The molecule has 0 spiro atoms. The van der Waals surface area contributed by atoms with Crippen LogP contribution in [0.2, 0.25) is 5.02 Å². The highest BCUT2D eigenvalue weighted by molar-refractivity contribution is 6.34. The Hall–Kier alpha value is -1.59. The SMILES string of the molecule is Cn1ncc2cc(Cl)c(NC(=O)[C@@H]3CC(C(C)(C)C)CN3C(C)(C)C)cc21. The summed E-state index contributed by atoms with van der Waals surface area (Å²) in [5, 5.41) is 8.84. The average Bonchev–Trinajstić information content (AvgIpc) is 3.12. The summed E-state index contributed by atoms with van der Waals surface area (Å²) in [5.74, 6) is 0.489. The molecule has 3 rings (SSSR count). The van der Waals surface area contributed by atoms with E-state index in [1.54, 1.807) is 10.9 Å². The number of nitrogens with zero attached hydrogens (tertiary/aromatic N) is 3. The van der Waals surface area contributed by atoms with Gasteiger partial charge in [-0.3, -0.25) is 14.4 Å². The summed E-state index contributed by atoms with van der Waals surface area (Å²) in [6, 6.07) is 3.60. The Morgan fingerprint density at radius 3 is 2.48 bits per heavy atom. The van der Waals surface area contributed by atoms with Gasteiger partial charge in [0.15, 0.2) is 0 Å². The number of fused-ring (bicyclic) bond motifs is 1. The van der Waals surface area contributed by atoms with Crippen LogP contribution in [0, 0.1) is 11.3 Å². The lowest BCUT2D eigenvalue weighted by Crippen LogP contribution is -2.49. The van der Waals surface area contributed by atoms with Crippen LogP contribution in [0.25, 0.3) is 10.9 Å². The second-order valence-corrected chi connectivity index (χ2v) is 10.2. The Labute approximate surface area is 167 Å². The van der Waals surface area contributed by atoms with E-state index < -0.39 is 0 Å². The number of anilines is 1. The number of nitrogens with one attached hydrogen (secondary N) is 1. The van der Waals surface area contributed by atoms with Crippen molar-refractivity contribution in [2.45, 2.75) is 59.5 Å². The summed E-state index contributed by atoms with van der Waals surface area (Å²) >= 11 is 6.43. The van der Waals surface area contributed by atoms with Crippen molar-refractivity contribution in [2.24, 2.45) is 18.4 Å². The molecule has 0 aliphatic carbocycles. The molecule has 0 radical (unpaired) electrons. The van der Waals surface area contributed by atoms with Crippen molar-refractivity contribution in [3.05, 3.63) is 23.4 Å². The van der Waals surface area contributed by atoms with Crippen LogP contribution < -0.4 is 5.32 Å². The van der Waals surface area contributed by atoms with E-state index in [4.69, 9.17) is 11.6 Å². The maximum absolute atomic E-state index is 13.2. The van der Waals surface area contributed by atoms with Gasteiger partial charge >= 0.3 is 0 Å². The molecule has 1 N–H and O–H groups in total. The number of amides is 1. The second kappa shape index (κ2) is 6.78. The molecule has 1 aromatic heterocycles. The molecule has 6 heteroatoms. The van der Waals surface area contributed by atoms with Crippen LogP contribution in [0.1, 0.15) is 48.0 Å². The standard InChI is InChI=1S/C21H31ClN4O/c1-20(2,3)14-9-18(26(12-14)21(4,5)6)19(27)24-16-10-17-13(8-15(16)22)11-23-25(17)7/h8,10-11,14,18H,9,12H2,1-7H3,(H,24,27)/t14?,18-/m0/s1. The number of benzene rings is 1.